The topological polar surface area (TPSA) is 84.9 Å². The lowest BCUT2D eigenvalue weighted by molar-refractivity contribution is -0.139. The molecule has 144 valence electrons. The Bertz CT molecular complexity index is 620. The Balaban J connectivity index is 1.84. The van der Waals surface area contributed by atoms with Crippen LogP contribution in [-0.2, 0) is 9.53 Å². The lowest BCUT2D eigenvalue weighted by Crippen LogP contribution is -2.31. The number of nitrogens with one attached hydrogen (secondary N) is 1. The van der Waals surface area contributed by atoms with E-state index in [-0.39, 0.29) is 5.91 Å². The molecule has 1 fully saturated rings. The lowest BCUT2D eigenvalue weighted by atomic mass is 9.88. The van der Waals surface area contributed by atoms with Gasteiger partial charge in [-0.1, -0.05) is 19.8 Å². The average molecular weight is 363 g/mol. The van der Waals surface area contributed by atoms with Gasteiger partial charge in [-0.15, -0.1) is 0 Å². The molecule has 1 aromatic carbocycles. The van der Waals surface area contributed by atoms with Crippen molar-refractivity contribution < 1.29 is 24.2 Å². The summed E-state index contributed by atoms with van der Waals surface area (Å²) in [5.41, 5.74) is 2.01. The Morgan fingerprint density at radius 1 is 1.19 bits per heavy atom. The minimum Gasteiger partial charge on any atom is -0.481 e. The third kappa shape index (κ3) is 5.73. The normalized spacial score (nSPS) is 19.8. The quantitative estimate of drug-likeness (QED) is 0.693. The molecule has 0 saturated heterocycles. The van der Waals surface area contributed by atoms with Crippen molar-refractivity contribution in [1.29, 1.82) is 0 Å². The molecule has 2 N–H and O–H groups in total. The first-order valence-corrected chi connectivity index (χ1v) is 9.24. The van der Waals surface area contributed by atoms with Crippen LogP contribution in [0.1, 0.15) is 54.1 Å². The fraction of sp³-hybridized carbons (Fsp3) is 0.600. The van der Waals surface area contributed by atoms with Gasteiger partial charge in [-0.3, -0.25) is 4.79 Å². The highest BCUT2D eigenvalue weighted by atomic mass is 16.5. The molecule has 0 aromatic heterocycles. The predicted octanol–water partition coefficient (Wildman–Crippen LogP) is 3.09. The van der Waals surface area contributed by atoms with Gasteiger partial charge in [0.05, 0.1) is 12.7 Å². The molecule has 2 rings (SSSR count). The van der Waals surface area contributed by atoms with Gasteiger partial charge in [0.1, 0.15) is 5.75 Å². The fourth-order valence-corrected chi connectivity index (χ4v) is 3.45. The first kappa shape index (κ1) is 20.2. The molecule has 26 heavy (non-hydrogen) atoms. The van der Waals surface area contributed by atoms with Crippen LogP contribution >= 0.6 is 0 Å². The number of benzene rings is 1. The Kier molecular flexibility index (Phi) is 7.45. The molecule has 1 saturated carbocycles. The van der Waals surface area contributed by atoms with E-state index in [0.29, 0.717) is 36.5 Å². The zero-order valence-corrected chi connectivity index (χ0v) is 15.8. The number of ether oxygens (including phenoxy) is 2. The van der Waals surface area contributed by atoms with Crippen molar-refractivity contribution in [3.8, 4) is 5.75 Å². The summed E-state index contributed by atoms with van der Waals surface area (Å²) in [7, 11) is 0. The maximum atomic E-state index is 12.3. The van der Waals surface area contributed by atoms with Gasteiger partial charge in [0.15, 0.2) is 6.61 Å². The lowest BCUT2D eigenvalue weighted by Gasteiger charge is -2.28. The van der Waals surface area contributed by atoms with Gasteiger partial charge >= 0.3 is 5.97 Å². The maximum Gasteiger partial charge on any atom is 0.341 e. The molecule has 0 aliphatic heterocycles. The van der Waals surface area contributed by atoms with Crippen LogP contribution in [0, 0.1) is 19.8 Å². The zero-order chi connectivity index (χ0) is 19.1. The van der Waals surface area contributed by atoms with Gasteiger partial charge in [0.25, 0.3) is 5.91 Å². The van der Waals surface area contributed by atoms with Crippen molar-refractivity contribution in [1.82, 2.24) is 5.32 Å². The summed E-state index contributed by atoms with van der Waals surface area (Å²) >= 11 is 0. The second-order valence-electron chi connectivity index (χ2n) is 7.05. The number of hydrogen-bond donors (Lipinski definition) is 2. The number of amides is 1. The fourth-order valence-electron chi connectivity index (χ4n) is 3.45. The first-order valence-electron chi connectivity index (χ1n) is 9.24. The maximum absolute atomic E-state index is 12.3. The Morgan fingerprint density at radius 2 is 1.85 bits per heavy atom. The molecule has 0 spiro atoms. The van der Waals surface area contributed by atoms with Gasteiger partial charge in [0, 0.05) is 12.1 Å². The summed E-state index contributed by atoms with van der Waals surface area (Å²) in [6.07, 6.45) is 5.12. The monoisotopic (exact) mass is 363 g/mol. The smallest absolute Gasteiger partial charge is 0.341 e. The molecule has 6 nitrogen and oxygen atoms in total. The van der Waals surface area contributed by atoms with Crippen molar-refractivity contribution in [3.63, 3.8) is 0 Å². The zero-order valence-electron chi connectivity index (χ0n) is 15.8. The number of aryl methyl sites for hydroxylation is 2. The molecule has 0 heterocycles. The molecule has 2 unspecified atom stereocenters. The molecule has 1 aliphatic rings. The molecule has 2 atom stereocenters. The van der Waals surface area contributed by atoms with Crippen molar-refractivity contribution in [3.05, 3.63) is 28.8 Å². The van der Waals surface area contributed by atoms with Crippen LogP contribution in [0.3, 0.4) is 0 Å². The van der Waals surface area contributed by atoms with Crippen LogP contribution in [0.15, 0.2) is 12.1 Å². The number of hydrogen-bond acceptors (Lipinski definition) is 4. The second kappa shape index (κ2) is 9.57. The molecule has 0 bridgehead atoms. The standard InChI is InChI=1S/C20H29NO5/c1-13-6-4-5-7-17(13)25-9-8-21-20(24)16-10-14(2)19(15(3)11-16)26-12-18(22)23/h10-11,13,17H,4-9,12H2,1-3H3,(H,21,24)(H,22,23). The Hall–Kier alpha value is -2.08. The van der Waals surface area contributed by atoms with Gasteiger partial charge in [-0.25, -0.2) is 4.79 Å². The highest BCUT2D eigenvalue weighted by Gasteiger charge is 2.21. The number of carbonyl (C=O) groups excluding carboxylic acids is 1. The molecule has 1 amide bonds. The van der Waals surface area contributed by atoms with Crippen LogP contribution in [0.25, 0.3) is 0 Å². The Morgan fingerprint density at radius 3 is 2.46 bits per heavy atom. The minimum atomic E-state index is -1.03. The van der Waals surface area contributed by atoms with Crippen LogP contribution in [0.4, 0.5) is 0 Å². The van der Waals surface area contributed by atoms with E-state index in [0.717, 1.165) is 17.5 Å². The van der Waals surface area contributed by atoms with Crippen LogP contribution in [0.2, 0.25) is 0 Å². The van der Waals surface area contributed by atoms with E-state index in [9.17, 15) is 9.59 Å². The van der Waals surface area contributed by atoms with Gasteiger partial charge in [0.2, 0.25) is 0 Å². The number of rotatable bonds is 8. The third-order valence-electron chi connectivity index (χ3n) is 4.81. The largest absolute Gasteiger partial charge is 0.481 e. The highest BCUT2D eigenvalue weighted by Crippen LogP contribution is 2.26. The molecular weight excluding hydrogens is 334 g/mol. The van der Waals surface area contributed by atoms with Crippen molar-refractivity contribution >= 4 is 11.9 Å². The third-order valence-corrected chi connectivity index (χ3v) is 4.81. The number of carboxylic acid groups (broad SMARTS) is 1. The van der Waals surface area contributed by atoms with E-state index < -0.39 is 12.6 Å². The van der Waals surface area contributed by atoms with E-state index in [1.54, 1.807) is 26.0 Å². The molecule has 0 radical (unpaired) electrons. The first-order chi connectivity index (χ1) is 12.4. The summed E-state index contributed by atoms with van der Waals surface area (Å²) in [5.74, 6) is -0.0964. The summed E-state index contributed by atoms with van der Waals surface area (Å²) < 4.78 is 11.2. The van der Waals surface area contributed by atoms with Gasteiger partial charge in [-0.05, 0) is 55.9 Å². The average Bonchev–Trinajstić information content (AvgIpc) is 2.58. The van der Waals surface area contributed by atoms with E-state index in [1.165, 1.54) is 19.3 Å². The van der Waals surface area contributed by atoms with E-state index in [4.69, 9.17) is 14.6 Å². The number of carbonyl (C=O) groups is 2. The number of aliphatic carboxylic acids is 1. The summed E-state index contributed by atoms with van der Waals surface area (Å²) in [4.78, 5) is 23.0. The second-order valence-corrected chi connectivity index (χ2v) is 7.05. The predicted molar refractivity (Wildman–Crippen MR) is 98.8 cm³/mol. The van der Waals surface area contributed by atoms with Crippen molar-refractivity contribution in [2.24, 2.45) is 5.92 Å². The number of carboxylic acids is 1. The summed E-state index contributed by atoms with van der Waals surface area (Å²) in [6, 6.07) is 3.42. The van der Waals surface area contributed by atoms with Gasteiger partial charge in [-0.2, -0.15) is 0 Å². The van der Waals surface area contributed by atoms with Crippen molar-refractivity contribution in [2.45, 2.75) is 52.6 Å². The van der Waals surface area contributed by atoms with E-state index >= 15 is 0 Å². The molecule has 1 aliphatic carbocycles. The highest BCUT2D eigenvalue weighted by molar-refractivity contribution is 5.94. The van der Waals surface area contributed by atoms with Crippen LogP contribution in [0.5, 0.6) is 5.75 Å². The van der Waals surface area contributed by atoms with Gasteiger partial charge < -0.3 is 19.9 Å². The van der Waals surface area contributed by atoms with E-state index in [2.05, 4.69) is 12.2 Å². The van der Waals surface area contributed by atoms with E-state index in [1.807, 2.05) is 0 Å². The SMILES string of the molecule is Cc1cc(C(=O)NCCOC2CCCCC2C)cc(C)c1OCC(=O)O. The molecular formula is C20H29NO5. The minimum absolute atomic E-state index is 0.165. The Labute approximate surface area is 154 Å². The van der Waals surface area contributed by atoms with Crippen molar-refractivity contribution in [2.75, 3.05) is 19.8 Å². The van der Waals surface area contributed by atoms with Crippen LogP contribution < -0.4 is 10.1 Å². The van der Waals surface area contributed by atoms with Crippen LogP contribution in [-0.4, -0.2) is 42.8 Å². The summed E-state index contributed by atoms with van der Waals surface area (Å²) in [5, 5.41) is 11.6. The molecule has 6 heteroatoms. The molecule has 1 aromatic rings. The summed E-state index contributed by atoms with van der Waals surface area (Å²) in [6.45, 7) is 6.41.